The lowest BCUT2D eigenvalue weighted by Gasteiger charge is -2.36. The molecule has 5 heterocycles. The number of rotatable bonds is 5. The molecule has 58 heavy (non-hydrogen) atoms. The van der Waals surface area contributed by atoms with Crippen LogP contribution < -0.4 is 0 Å². The van der Waals surface area contributed by atoms with E-state index < -0.39 is 73.2 Å². The number of fused-ring (bicyclic) bond motifs is 2. The summed E-state index contributed by atoms with van der Waals surface area (Å²) in [6.07, 6.45) is 4.00. The van der Waals surface area contributed by atoms with Gasteiger partial charge in [-0.2, -0.15) is 0 Å². The zero-order chi connectivity index (χ0) is 41.4. The topological polar surface area (TPSA) is 126 Å². The quantitative estimate of drug-likeness (QED) is 0.193. The van der Waals surface area contributed by atoms with Crippen molar-refractivity contribution in [2.45, 2.75) is 121 Å². The molecule has 1 spiro atoms. The lowest BCUT2D eigenvalue weighted by Crippen LogP contribution is -2.38. The highest BCUT2D eigenvalue weighted by molar-refractivity contribution is 5.80. The second-order valence-corrected chi connectivity index (χ2v) is 18.2. The van der Waals surface area contributed by atoms with Crippen LogP contribution >= 0.6 is 0 Å². The molecule has 4 aliphatic rings. The average Bonchev–Trinajstić information content (AvgIpc) is 3.97. The van der Waals surface area contributed by atoms with E-state index in [0.717, 1.165) is 57.7 Å². The summed E-state index contributed by atoms with van der Waals surface area (Å²) >= 11 is 0. The van der Waals surface area contributed by atoms with Gasteiger partial charge in [-0.1, -0.05) is 36.4 Å². The van der Waals surface area contributed by atoms with E-state index in [2.05, 4.69) is 26.0 Å². The molecule has 310 valence electrons. The maximum Gasteiger partial charge on any atom is 0.411 e. The van der Waals surface area contributed by atoms with Gasteiger partial charge in [0.1, 0.15) is 22.9 Å². The number of alkyl halides is 4. The van der Waals surface area contributed by atoms with Gasteiger partial charge in [0.25, 0.3) is 11.8 Å². The molecule has 0 unspecified atom stereocenters. The number of aromatic nitrogens is 4. The molecule has 0 bridgehead atoms. The largest absolute Gasteiger partial charge is 0.444 e. The Hall–Kier alpha value is -4.92. The summed E-state index contributed by atoms with van der Waals surface area (Å²) in [6, 6.07) is 10.2. The van der Waals surface area contributed by atoms with Crippen LogP contribution in [-0.2, 0) is 26.0 Å². The summed E-state index contributed by atoms with van der Waals surface area (Å²) in [7, 11) is 0. The zero-order valence-corrected chi connectivity index (χ0v) is 33.7. The van der Waals surface area contributed by atoms with Crippen molar-refractivity contribution in [2.75, 3.05) is 26.3 Å². The third-order valence-electron chi connectivity index (χ3n) is 11.6. The monoisotopic (exact) mass is 806 g/mol. The summed E-state index contributed by atoms with van der Waals surface area (Å²) in [5, 5.41) is 0. The Morgan fingerprint density at radius 3 is 1.72 bits per heavy atom. The smallest absolute Gasteiger partial charge is 0.411 e. The number of carbonyl (C=O) groups is 2. The highest BCUT2D eigenvalue weighted by Gasteiger charge is 2.51. The zero-order valence-electron chi connectivity index (χ0n) is 33.7. The minimum absolute atomic E-state index is 0.108. The molecule has 4 aromatic rings. The number of hydrogen-bond donors (Lipinski definition) is 2. The molecule has 3 saturated heterocycles. The van der Waals surface area contributed by atoms with Crippen molar-refractivity contribution in [2.24, 2.45) is 0 Å². The Kier molecular flexibility index (Phi) is 9.71. The molecule has 2 N–H and O–H groups in total. The Bertz CT molecular complexity index is 2200. The highest BCUT2D eigenvalue weighted by Crippen LogP contribution is 2.53. The first-order valence-electron chi connectivity index (χ1n) is 19.9. The van der Waals surface area contributed by atoms with Crippen LogP contribution in [-0.4, -0.2) is 91.3 Å². The lowest BCUT2D eigenvalue weighted by molar-refractivity contribution is -0.00248. The molecule has 3 fully saturated rings. The summed E-state index contributed by atoms with van der Waals surface area (Å²) in [5.41, 5.74) is 5.76. The molecule has 3 aliphatic heterocycles. The van der Waals surface area contributed by atoms with Crippen LogP contribution in [0.4, 0.5) is 27.2 Å². The summed E-state index contributed by atoms with van der Waals surface area (Å²) < 4.78 is 75.6. The van der Waals surface area contributed by atoms with Gasteiger partial charge in [-0.05, 0) is 95.0 Å². The van der Waals surface area contributed by atoms with Gasteiger partial charge in [-0.3, -0.25) is 9.80 Å². The highest BCUT2D eigenvalue weighted by atomic mass is 19.3. The molecule has 2 atom stereocenters. The number of carbonyl (C=O) groups excluding carboxylic acids is 2. The number of benzene rings is 2. The molecule has 2 aromatic carbocycles. The van der Waals surface area contributed by atoms with Gasteiger partial charge in [-0.15, -0.1) is 0 Å². The van der Waals surface area contributed by atoms with E-state index in [1.54, 1.807) is 53.9 Å². The second kappa shape index (κ2) is 14.1. The maximum absolute atomic E-state index is 14.8. The van der Waals surface area contributed by atoms with Crippen molar-refractivity contribution in [3.63, 3.8) is 0 Å². The average molecular weight is 807 g/mol. The van der Waals surface area contributed by atoms with Gasteiger partial charge in [0.05, 0.1) is 49.0 Å². The summed E-state index contributed by atoms with van der Waals surface area (Å²) in [4.78, 5) is 43.5. The molecule has 0 radical (unpaired) electrons. The Morgan fingerprint density at radius 2 is 1.19 bits per heavy atom. The Labute approximate surface area is 334 Å². The number of halogens is 4. The fourth-order valence-electron chi connectivity index (χ4n) is 9.03. The standard InChI is InChI=1S/C43H50F4N6O5/c1-39(2,3)57-37(54)52-23-42(44,45)19-32(52)35-48-21-30(50-35)26-9-7-25(8-10-26)27-11-12-28(29-13-14-41(34(27)29)15-17-56-18-16-41)31-22-49-36(51-31)33-20-43(46,47)24-53(33)38(55)58-40(4,5)6/h7-12,21-22,32-33H,13-20,23-24H2,1-6H3,(H,48,50)(H,49,51)/t32-,33-/m0/s1. The van der Waals surface area contributed by atoms with Crippen LogP contribution in [0.25, 0.3) is 33.6 Å². The van der Waals surface area contributed by atoms with E-state index in [1.807, 2.05) is 30.3 Å². The number of hydrogen-bond acceptors (Lipinski definition) is 7. The van der Waals surface area contributed by atoms with Crippen molar-refractivity contribution in [1.29, 1.82) is 0 Å². The number of nitrogens with one attached hydrogen (secondary N) is 2. The molecule has 2 aromatic heterocycles. The number of likely N-dealkylation sites (tertiary alicyclic amines) is 2. The second-order valence-electron chi connectivity index (χ2n) is 18.2. The minimum atomic E-state index is -3.08. The third kappa shape index (κ3) is 7.81. The van der Waals surface area contributed by atoms with Gasteiger partial charge in [0, 0.05) is 37.0 Å². The minimum Gasteiger partial charge on any atom is -0.444 e. The van der Waals surface area contributed by atoms with E-state index in [-0.39, 0.29) is 17.1 Å². The van der Waals surface area contributed by atoms with Gasteiger partial charge in [0.2, 0.25) is 0 Å². The van der Waals surface area contributed by atoms with E-state index >= 15 is 0 Å². The van der Waals surface area contributed by atoms with Gasteiger partial charge in [-0.25, -0.2) is 37.1 Å². The fourth-order valence-corrected chi connectivity index (χ4v) is 9.03. The molecular formula is C43H50F4N6O5. The first-order valence-corrected chi connectivity index (χ1v) is 19.9. The molecule has 0 saturated carbocycles. The van der Waals surface area contributed by atoms with Crippen molar-refractivity contribution in [1.82, 2.24) is 29.7 Å². The number of imidazole rings is 2. The van der Waals surface area contributed by atoms with E-state index in [4.69, 9.17) is 14.2 Å². The van der Waals surface area contributed by atoms with Gasteiger partial charge in [0.15, 0.2) is 0 Å². The van der Waals surface area contributed by atoms with Gasteiger partial charge < -0.3 is 24.2 Å². The van der Waals surface area contributed by atoms with Gasteiger partial charge >= 0.3 is 12.2 Å². The number of aromatic amines is 2. The van der Waals surface area contributed by atoms with Crippen molar-refractivity contribution < 1.29 is 41.4 Å². The van der Waals surface area contributed by atoms with E-state index in [9.17, 15) is 27.2 Å². The number of nitrogens with zero attached hydrogens (tertiary/aromatic N) is 4. The van der Waals surface area contributed by atoms with Crippen LogP contribution in [0.15, 0.2) is 48.8 Å². The van der Waals surface area contributed by atoms with Crippen LogP contribution in [0, 0.1) is 0 Å². The molecule has 1 aliphatic carbocycles. The molecule has 8 rings (SSSR count). The van der Waals surface area contributed by atoms with Crippen molar-refractivity contribution in [3.05, 3.63) is 71.6 Å². The van der Waals surface area contributed by atoms with Crippen LogP contribution in [0.5, 0.6) is 0 Å². The van der Waals surface area contributed by atoms with Crippen LogP contribution in [0.3, 0.4) is 0 Å². The number of ether oxygens (including phenoxy) is 3. The van der Waals surface area contributed by atoms with E-state index in [0.29, 0.717) is 24.6 Å². The number of amides is 2. The summed E-state index contributed by atoms with van der Waals surface area (Å²) in [5.74, 6) is -5.62. The predicted octanol–water partition coefficient (Wildman–Crippen LogP) is 9.76. The van der Waals surface area contributed by atoms with Crippen molar-refractivity contribution in [3.8, 4) is 33.6 Å². The first kappa shape index (κ1) is 39.9. The molecule has 2 amide bonds. The lowest BCUT2D eigenvalue weighted by atomic mass is 9.72. The molecule has 15 heteroatoms. The molecule has 11 nitrogen and oxygen atoms in total. The fraction of sp³-hybridized carbons (Fsp3) is 0.535. The third-order valence-corrected chi connectivity index (χ3v) is 11.6. The Balaban J connectivity index is 1.09. The van der Waals surface area contributed by atoms with E-state index in [1.165, 1.54) is 11.1 Å². The SMILES string of the molecule is CC(C)(C)OC(=O)N1CC(F)(F)C[C@H]1c1ncc(-c2ccc(-c3ccc(-c4cnc([C@@H]5CC(F)(F)CN5C(=O)OC(C)(C)C)[nH]4)c4c3C3(CCOCC3)CC4)cc2)[nH]1. The van der Waals surface area contributed by atoms with Crippen molar-refractivity contribution >= 4 is 12.2 Å². The number of H-pyrrole nitrogens is 2. The summed E-state index contributed by atoms with van der Waals surface area (Å²) in [6.45, 7) is 9.97. The van der Waals surface area contributed by atoms with Crippen LogP contribution in [0.2, 0.25) is 0 Å². The maximum atomic E-state index is 14.8. The normalized spacial score (nSPS) is 22.4. The van der Waals surface area contributed by atoms with Crippen LogP contribution in [0.1, 0.15) is 109 Å². The molecular weight excluding hydrogens is 757 g/mol. The predicted molar refractivity (Wildman–Crippen MR) is 208 cm³/mol. The Morgan fingerprint density at radius 1 is 0.707 bits per heavy atom. The first-order chi connectivity index (χ1) is 27.2.